The predicted octanol–water partition coefficient (Wildman–Crippen LogP) is 4.98. The third-order valence-electron chi connectivity index (χ3n) is 6.10. The number of pyridine rings is 1. The Morgan fingerprint density at radius 1 is 1.00 bits per heavy atom. The maximum absolute atomic E-state index is 13.1. The first-order valence-electron chi connectivity index (χ1n) is 11.2. The molecule has 4 rings (SSSR count). The van der Waals surface area contributed by atoms with Crippen molar-refractivity contribution in [3.8, 4) is 5.75 Å². The van der Waals surface area contributed by atoms with E-state index in [-0.39, 0.29) is 17.7 Å². The van der Waals surface area contributed by atoms with Gasteiger partial charge in [-0.1, -0.05) is 23.8 Å². The van der Waals surface area contributed by atoms with E-state index in [9.17, 15) is 9.59 Å². The number of methoxy groups -OCH3 is 1. The van der Waals surface area contributed by atoms with Crippen molar-refractivity contribution in [2.75, 3.05) is 25.5 Å². The molecule has 2 amide bonds. The monoisotopic (exact) mass is 443 g/mol. The lowest BCUT2D eigenvalue weighted by Gasteiger charge is -2.32. The average Bonchev–Trinajstić information content (AvgIpc) is 2.85. The number of carbonyl (C=O) groups excluding carboxylic acids is 2. The van der Waals surface area contributed by atoms with Crippen LogP contribution in [0.5, 0.6) is 5.75 Å². The average molecular weight is 444 g/mol. The van der Waals surface area contributed by atoms with Gasteiger partial charge in [0, 0.05) is 36.0 Å². The summed E-state index contributed by atoms with van der Waals surface area (Å²) in [7, 11) is 1.59. The summed E-state index contributed by atoms with van der Waals surface area (Å²) in [6, 6.07) is 18.7. The first-order valence-corrected chi connectivity index (χ1v) is 11.2. The smallest absolute Gasteiger partial charge is 0.257 e. The standard InChI is InChI=1S/C27H29N3O3/c1-18-7-10-22(11-8-18)29-26(31)24-12-9-19(2)28-25(24)20-13-15-30(16-14-20)27(32)21-5-4-6-23(17-21)33-3/h4-12,17,20H,13-16H2,1-3H3,(H,29,31). The highest BCUT2D eigenvalue weighted by molar-refractivity contribution is 6.05. The number of benzene rings is 2. The van der Waals surface area contributed by atoms with Gasteiger partial charge in [-0.15, -0.1) is 0 Å². The van der Waals surface area contributed by atoms with Gasteiger partial charge in [0.2, 0.25) is 0 Å². The number of aromatic nitrogens is 1. The fourth-order valence-electron chi connectivity index (χ4n) is 4.21. The van der Waals surface area contributed by atoms with Crippen LogP contribution in [0, 0.1) is 13.8 Å². The Kier molecular flexibility index (Phi) is 6.73. The van der Waals surface area contributed by atoms with E-state index in [4.69, 9.17) is 9.72 Å². The minimum absolute atomic E-state index is 0.00175. The van der Waals surface area contributed by atoms with Gasteiger partial charge in [-0.3, -0.25) is 14.6 Å². The van der Waals surface area contributed by atoms with Gasteiger partial charge in [0.15, 0.2) is 0 Å². The fraction of sp³-hybridized carbons (Fsp3) is 0.296. The first kappa shape index (κ1) is 22.5. The molecule has 1 aliphatic rings. The molecule has 0 saturated carbocycles. The van der Waals surface area contributed by atoms with Gasteiger partial charge in [-0.2, -0.15) is 0 Å². The zero-order chi connectivity index (χ0) is 23.4. The van der Waals surface area contributed by atoms with Crippen molar-refractivity contribution >= 4 is 17.5 Å². The summed E-state index contributed by atoms with van der Waals surface area (Å²) in [5.74, 6) is 0.639. The van der Waals surface area contributed by atoms with Gasteiger partial charge in [0.1, 0.15) is 5.75 Å². The fourth-order valence-corrected chi connectivity index (χ4v) is 4.21. The summed E-state index contributed by atoms with van der Waals surface area (Å²) in [6.07, 6.45) is 1.52. The van der Waals surface area contributed by atoms with E-state index in [0.29, 0.717) is 30.0 Å². The van der Waals surface area contributed by atoms with Crippen molar-refractivity contribution in [1.82, 2.24) is 9.88 Å². The Morgan fingerprint density at radius 3 is 2.42 bits per heavy atom. The van der Waals surface area contributed by atoms with Gasteiger partial charge < -0.3 is 15.0 Å². The Balaban J connectivity index is 1.47. The molecule has 0 bridgehead atoms. The molecule has 0 aliphatic carbocycles. The number of hydrogen-bond acceptors (Lipinski definition) is 4. The lowest BCUT2D eigenvalue weighted by atomic mass is 9.89. The van der Waals surface area contributed by atoms with Gasteiger partial charge in [-0.25, -0.2) is 0 Å². The number of rotatable bonds is 5. The van der Waals surface area contributed by atoms with Crippen LogP contribution in [0.25, 0.3) is 0 Å². The molecule has 3 aromatic rings. The molecular formula is C27H29N3O3. The number of nitrogens with zero attached hydrogens (tertiary/aromatic N) is 2. The minimum atomic E-state index is -0.156. The molecule has 6 heteroatoms. The van der Waals surface area contributed by atoms with Crippen LogP contribution in [0.1, 0.15) is 56.4 Å². The predicted molar refractivity (Wildman–Crippen MR) is 129 cm³/mol. The number of nitrogens with one attached hydrogen (secondary N) is 1. The van der Waals surface area contributed by atoms with Crippen LogP contribution < -0.4 is 10.1 Å². The molecule has 33 heavy (non-hydrogen) atoms. The molecule has 1 N–H and O–H groups in total. The van der Waals surface area contributed by atoms with Crippen LogP contribution in [-0.4, -0.2) is 41.9 Å². The van der Waals surface area contributed by atoms with Crippen LogP contribution in [0.4, 0.5) is 5.69 Å². The van der Waals surface area contributed by atoms with Crippen LogP contribution in [0.2, 0.25) is 0 Å². The zero-order valence-corrected chi connectivity index (χ0v) is 19.3. The summed E-state index contributed by atoms with van der Waals surface area (Å²) < 4.78 is 5.25. The molecular weight excluding hydrogens is 414 g/mol. The van der Waals surface area contributed by atoms with Crippen LogP contribution in [0.15, 0.2) is 60.7 Å². The van der Waals surface area contributed by atoms with E-state index < -0.39 is 0 Å². The van der Waals surface area contributed by atoms with Crippen molar-refractivity contribution in [2.45, 2.75) is 32.6 Å². The number of ether oxygens (including phenoxy) is 1. The van der Waals surface area contributed by atoms with Gasteiger partial charge in [-0.05, 0) is 69.2 Å². The zero-order valence-electron chi connectivity index (χ0n) is 19.3. The lowest BCUT2D eigenvalue weighted by molar-refractivity contribution is 0.0710. The molecule has 1 aliphatic heterocycles. The highest BCUT2D eigenvalue weighted by Crippen LogP contribution is 2.31. The van der Waals surface area contributed by atoms with E-state index in [1.165, 1.54) is 0 Å². The van der Waals surface area contributed by atoms with E-state index in [1.54, 1.807) is 13.2 Å². The molecule has 2 heterocycles. The molecule has 0 unspecified atom stereocenters. The Morgan fingerprint density at radius 2 is 1.73 bits per heavy atom. The van der Waals surface area contributed by atoms with E-state index in [2.05, 4.69) is 5.32 Å². The maximum Gasteiger partial charge on any atom is 0.257 e. The molecule has 1 fully saturated rings. The maximum atomic E-state index is 13.1. The summed E-state index contributed by atoms with van der Waals surface area (Å²) in [6.45, 7) is 5.19. The summed E-state index contributed by atoms with van der Waals surface area (Å²) in [5, 5.41) is 2.99. The van der Waals surface area contributed by atoms with E-state index >= 15 is 0 Å². The molecule has 170 valence electrons. The summed E-state index contributed by atoms with van der Waals surface area (Å²) in [5.41, 5.74) is 4.81. The molecule has 0 atom stereocenters. The third kappa shape index (κ3) is 5.22. The lowest BCUT2D eigenvalue weighted by Crippen LogP contribution is -2.38. The summed E-state index contributed by atoms with van der Waals surface area (Å²) in [4.78, 5) is 32.6. The number of carbonyl (C=O) groups is 2. The molecule has 0 spiro atoms. The second-order valence-corrected chi connectivity index (χ2v) is 8.50. The van der Waals surface area contributed by atoms with Crippen molar-refractivity contribution in [3.05, 3.63) is 88.7 Å². The quantitative estimate of drug-likeness (QED) is 0.604. The van der Waals surface area contributed by atoms with Crippen molar-refractivity contribution in [3.63, 3.8) is 0 Å². The van der Waals surface area contributed by atoms with Crippen molar-refractivity contribution < 1.29 is 14.3 Å². The number of likely N-dealkylation sites (tertiary alicyclic amines) is 1. The van der Waals surface area contributed by atoms with Gasteiger partial charge in [0.05, 0.1) is 18.4 Å². The Bertz CT molecular complexity index is 1150. The molecule has 0 radical (unpaired) electrons. The Labute approximate surface area is 194 Å². The molecule has 1 saturated heterocycles. The van der Waals surface area contributed by atoms with E-state index in [0.717, 1.165) is 35.5 Å². The van der Waals surface area contributed by atoms with Crippen LogP contribution in [0.3, 0.4) is 0 Å². The number of piperidine rings is 1. The second kappa shape index (κ2) is 9.86. The van der Waals surface area contributed by atoms with Crippen molar-refractivity contribution in [2.24, 2.45) is 0 Å². The van der Waals surface area contributed by atoms with Crippen LogP contribution >= 0.6 is 0 Å². The van der Waals surface area contributed by atoms with Gasteiger partial charge in [0.25, 0.3) is 11.8 Å². The first-order chi connectivity index (χ1) is 15.9. The number of hydrogen-bond donors (Lipinski definition) is 1. The second-order valence-electron chi connectivity index (χ2n) is 8.50. The van der Waals surface area contributed by atoms with E-state index in [1.807, 2.05) is 73.3 Å². The molecule has 6 nitrogen and oxygen atoms in total. The largest absolute Gasteiger partial charge is 0.497 e. The molecule has 2 aromatic carbocycles. The third-order valence-corrected chi connectivity index (χ3v) is 6.10. The number of anilines is 1. The molecule has 1 aromatic heterocycles. The SMILES string of the molecule is COc1cccc(C(=O)N2CCC(c3nc(C)ccc3C(=O)Nc3ccc(C)cc3)CC2)c1. The van der Waals surface area contributed by atoms with Crippen LogP contribution in [-0.2, 0) is 0 Å². The highest BCUT2D eigenvalue weighted by Gasteiger charge is 2.28. The van der Waals surface area contributed by atoms with Gasteiger partial charge >= 0.3 is 0 Å². The topological polar surface area (TPSA) is 71.5 Å². The normalized spacial score (nSPS) is 14.1. The highest BCUT2D eigenvalue weighted by atomic mass is 16.5. The Hall–Kier alpha value is -3.67. The number of aryl methyl sites for hydroxylation is 2. The number of amides is 2. The summed E-state index contributed by atoms with van der Waals surface area (Å²) >= 11 is 0. The van der Waals surface area contributed by atoms with Crippen molar-refractivity contribution in [1.29, 1.82) is 0 Å². The minimum Gasteiger partial charge on any atom is -0.497 e.